The average molecular weight is 515 g/mol. The zero-order valence-corrected chi connectivity index (χ0v) is 21.1. The van der Waals surface area contributed by atoms with Crippen molar-refractivity contribution in [2.24, 2.45) is 5.41 Å². The van der Waals surface area contributed by atoms with E-state index in [9.17, 15) is 19.5 Å². The van der Waals surface area contributed by atoms with Gasteiger partial charge in [0.25, 0.3) is 0 Å². The van der Waals surface area contributed by atoms with Gasteiger partial charge in [0.2, 0.25) is 5.91 Å². The lowest BCUT2D eigenvalue weighted by atomic mass is 9.83. The number of ether oxygens (including phenoxy) is 2. The molecule has 5 rings (SSSR count). The molecule has 1 saturated heterocycles. The summed E-state index contributed by atoms with van der Waals surface area (Å²) in [7, 11) is 0. The first kappa shape index (κ1) is 25.5. The maximum absolute atomic E-state index is 13.6. The molecule has 0 radical (unpaired) electrons. The Kier molecular flexibility index (Phi) is 7.15. The largest absolute Gasteiger partial charge is 0.480 e. The van der Waals surface area contributed by atoms with Crippen LogP contribution in [0.15, 0.2) is 78.9 Å². The van der Waals surface area contributed by atoms with Crippen LogP contribution in [-0.2, 0) is 25.6 Å². The zero-order chi connectivity index (χ0) is 26.7. The maximum atomic E-state index is 13.6. The maximum Gasteiger partial charge on any atom is 0.407 e. The van der Waals surface area contributed by atoms with E-state index in [1.165, 1.54) is 4.90 Å². The molecule has 3 aromatic rings. The minimum atomic E-state index is -1.14. The Morgan fingerprint density at radius 3 is 2.21 bits per heavy atom. The number of fused-ring (bicyclic) bond motifs is 3. The number of nitrogens with one attached hydrogen (secondary N) is 1. The van der Waals surface area contributed by atoms with Gasteiger partial charge in [-0.1, -0.05) is 78.9 Å². The summed E-state index contributed by atoms with van der Waals surface area (Å²) < 4.78 is 11.3. The molecular formula is C30H30N2O6. The SMILES string of the molecule is CC1(C(=O)N(CC(=O)O)Cc2ccccc2)COCC1NC(=O)OCC1c2ccccc2-c2ccccc21. The third kappa shape index (κ3) is 4.99. The molecule has 2 N–H and O–H groups in total. The van der Waals surface area contributed by atoms with Gasteiger partial charge < -0.3 is 24.8 Å². The minimum absolute atomic E-state index is 0.0606. The number of rotatable bonds is 8. The number of carbonyl (C=O) groups is 3. The Hall–Kier alpha value is -4.17. The van der Waals surface area contributed by atoms with Crippen molar-refractivity contribution in [2.75, 3.05) is 26.4 Å². The Morgan fingerprint density at radius 2 is 1.58 bits per heavy atom. The normalized spacial score (nSPS) is 19.9. The number of alkyl carbamates (subject to hydrolysis) is 1. The van der Waals surface area contributed by atoms with E-state index in [0.29, 0.717) is 0 Å². The predicted octanol–water partition coefficient (Wildman–Crippen LogP) is 4.04. The van der Waals surface area contributed by atoms with Crippen LogP contribution in [0.25, 0.3) is 11.1 Å². The summed E-state index contributed by atoms with van der Waals surface area (Å²) >= 11 is 0. The van der Waals surface area contributed by atoms with E-state index < -0.39 is 36.0 Å². The summed E-state index contributed by atoms with van der Waals surface area (Å²) in [5, 5.41) is 12.3. The van der Waals surface area contributed by atoms with Crippen LogP contribution in [0.4, 0.5) is 4.79 Å². The fourth-order valence-corrected chi connectivity index (χ4v) is 5.40. The van der Waals surface area contributed by atoms with E-state index in [2.05, 4.69) is 17.4 Å². The summed E-state index contributed by atoms with van der Waals surface area (Å²) in [5.41, 5.74) is 4.15. The Balaban J connectivity index is 1.27. The molecule has 2 atom stereocenters. The van der Waals surface area contributed by atoms with Crippen molar-refractivity contribution >= 4 is 18.0 Å². The van der Waals surface area contributed by atoms with Crippen molar-refractivity contribution in [3.63, 3.8) is 0 Å². The molecule has 0 bridgehead atoms. The minimum Gasteiger partial charge on any atom is -0.480 e. The summed E-state index contributed by atoms with van der Waals surface area (Å²) in [6.45, 7) is 1.71. The lowest BCUT2D eigenvalue weighted by Gasteiger charge is -2.34. The summed E-state index contributed by atoms with van der Waals surface area (Å²) in [4.78, 5) is 39.4. The molecule has 0 saturated carbocycles. The Morgan fingerprint density at radius 1 is 0.974 bits per heavy atom. The molecule has 3 aromatic carbocycles. The first-order valence-corrected chi connectivity index (χ1v) is 12.6. The number of hydrogen-bond donors (Lipinski definition) is 2. The van der Waals surface area contributed by atoms with Crippen LogP contribution in [0.2, 0.25) is 0 Å². The van der Waals surface area contributed by atoms with Crippen molar-refractivity contribution in [2.45, 2.75) is 25.4 Å². The van der Waals surface area contributed by atoms with Gasteiger partial charge in [0.15, 0.2) is 0 Å². The van der Waals surface area contributed by atoms with Gasteiger partial charge in [-0.2, -0.15) is 0 Å². The topological polar surface area (TPSA) is 105 Å². The molecule has 8 nitrogen and oxygen atoms in total. The molecule has 1 aliphatic carbocycles. The van der Waals surface area contributed by atoms with Crippen molar-refractivity contribution < 1.29 is 29.0 Å². The molecule has 38 heavy (non-hydrogen) atoms. The van der Waals surface area contributed by atoms with Crippen LogP contribution in [-0.4, -0.2) is 60.4 Å². The van der Waals surface area contributed by atoms with E-state index >= 15 is 0 Å². The molecule has 0 aromatic heterocycles. The first-order valence-electron chi connectivity index (χ1n) is 12.6. The standard InChI is InChI=1S/C30H30N2O6/c1-30(28(35)32(16-27(33)34)15-20-9-3-2-4-10-20)19-37-18-26(30)31-29(36)38-17-25-23-13-7-5-11-21(23)22-12-6-8-14-24(22)25/h2-14,25-26H,15-19H2,1H3,(H,31,36)(H,33,34). The van der Waals surface area contributed by atoms with E-state index in [1.54, 1.807) is 6.92 Å². The van der Waals surface area contributed by atoms with Gasteiger partial charge in [0.05, 0.1) is 24.7 Å². The van der Waals surface area contributed by atoms with Gasteiger partial charge >= 0.3 is 12.1 Å². The molecule has 1 fully saturated rings. The number of carbonyl (C=O) groups excluding carboxylic acids is 2. The van der Waals surface area contributed by atoms with Gasteiger partial charge in [0.1, 0.15) is 13.2 Å². The highest BCUT2D eigenvalue weighted by molar-refractivity contribution is 5.87. The molecule has 1 aliphatic heterocycles. The van der Waals surface area contributed by atoms with Crippen LogP contribution >= 0.6 is 0 Å². The molecule has 0 spiro atoms. The molecule has 8 heteroatoms. The highest BCUT2D eigenvalue weighted by Gasteiger charge is 2.49. The summed E-state index contributed by atoms with van der Waals surface area (Å²) in [5.74, 6) is -1.60. The number of carboxylic acids is 1. The van der Waals surface area contributed by atoms with Crippen LogP contribution < -0.4 is 5.32 Å². The highest BCUT2D eigenvalue weighted by Crippen LogP contribution is 2.44. The molecule has 2 unspecified atom stereocenters. The van der Waals surface area contributed by atoms with E-state index in [1.807, 2.05) is 66.7 Å². The number of benzene rings is 3. The number of aliphatic carboxylic acids is 1. The lowest BCUT2D eigenvalue weighted by Crippen LogP contribution is -2.55. The number of amides is 2. The zero-order valence-electron chi connectivity index (χ0n) is 21.1. The number of carboxylic acid groups (broad SMARTS) is 1. The number of nitrogens with zero attached hydrogens (tertiary/aromatic N) is 1. The van der Waals surface area contributed by atoms with Crippen molar-refractivity contribution in [3.8, 4) is 11.1 Å². The van der Waals surface area contributed by atoms with Crippen LogP contribution in [0, 0.1) is 5.41 Å². The Bertz CT molecular complexity index is 1300. The second-order valence-electron chi connectivity index (χ2n) is 10.00. The quantitative estimate of drug-likeness (QED) is 0.470. The van der Waals surface area contributed by atoms with Crippen molar-refractivity contribution in [3.05, 3.63) is 95.6 Å². The second kappa shape index (κ2) is 10.7. The summed E-state index contributed by atoms with van der Waals surface area (Å²) in [6, 6.07) is 24.7. The highest BCUT2D eigenvalue weighted by atomic mass is 16.5. The second-order valence-corrected chi connectivity index (χ2v) is 10.00. The van der Waals surface area contributed by atoms with Crippen molar-refractivity contribution in [1.82, 2.24) is 10.2 Å². The molecule has 1 heterocycles. The van der Waals surface area contributed by atoms with E-state index in [4.69, 9.17) is 9.47 Å². The van der Waals surface area contributed by atoms with Crippen LogP contribution in [0.5, 0.6) is 0 Å². The van der Waals surface area contributed by atoms with E-state index in [0.717, 1.165) is 27.8 Å². The third-order valence-electron chi connectivity index (χ3n) is 7.41. The summed E-state index contributed by atoms with van der Waals surface area (Å²) in [6.07, 6.45) is -0.644. The molecule has 2 aliphatic rings. The average Bonchev–Trinajstić information content (AvgIpc) is 3.45. The number of hydrogen-bond acceptors (Lipinski definition) is 5. The fourth-order valence-electron chi connectivity index (χ4n) is 5.40. The monoisotopic (exact) mass is 514 g/mol. The van der Waals surface area contributed by atoms with Crippen LogP contribution in [0.1, 0.15) is 29.5 Å². The smallest absolute Gasteiger partial charge is 0.407 e. The molecular weight excluding hydrogens is 484 g/mol. The predicted molar refractivity (Wildman–Crippen MR) is 140 cm³/mol. The molecule has 2 amide bonds. The van der Waals surface area contributed by atoms with Crippen molar-refractivity contribution in [1.29, 1.82) is 0 Å². The van der Waals surface area contributed by atoms with Gasteiger partial charge in [-0.25, -0.2) is 4.79 Å². The van der Waals surface area contributed by atoms with Crippen LogP contribution in [0.3, 0.4) is 0 Å². The van der Waals surface area contributed by atoms with Gasteiger partial charge in [-0.05, 0) is 34.7 Å². The molecule has 196 valence electrons. The Labute approximate surface area is 221 Å². The van der Waals surface area contributed by atoms with Gasteiger partial charge in [-0.15, -0.1) is 0 Å². The van der Waals surface area contributed by atoms with Gasteiger partial charge in [-0.3, -0.25) is 9.59 Å². The third-order valence-corrected chi connectivity index (χ3v) is 7.41. The lowest BCUT2D eigenvalue weighted by molar-refractivity contribution is -0.150. The first-order chi connectivity index (χ1) is 18.4. The van der Waals surface area contributed by atoms with E-state index in [-0.39, 0.29) is 32.3 Å². The van der Waals surface area contributed by atoms with Gasteiger partial charge in [0, 0.05) is 12.5 Å². The fraction of sp³-hybridized carbons (Fsp3) is 0.300.